The molecule has 3 aliphatic rings. The fourth-order valence-electron chi connectivity index (χ4n) is 6.58. The molecule has 4 rings (SSSR count). The molecular weight excluding hydrogens is 522 g/mol. The minimum atomic E-state index is -2.83. The Balaban J connectivity index is 1.81. The molecule has 3 aliphatic carbocycles. The number of fused-ring (bicyclic) bond motifs is 3. The molecular formula is C28H31N3O9. The van der Waals surface area contributed by atoms with Gasteiger partial charge in [0.05, 0.1) is 24.1 Å². The van der Waals surface area contributed by atoms with Crippen molar-refractivity contribution in [1.29, 1.82) is 0 Å². The van der Waals surface area contributed by atoms with Crippen molar-refractivity contribution in [3.05, 3.63) is 41.5 Å². The van der Waals surface area contributed by atoms with Crippen molar-refractivity contribution < 1.29 is 43.8 Å². The second kappa shape index (κ2) is 10.2. The molecule has 0 radical (unpaired) electrons. The smallest absolute Gasteiger partial charge is 0.235 e. The number of amides is 2. The molecule has 2 saturated carbocycles. The third-order valence-corrected chi connectivity index (χ3v) is 8.37. The number of phenols is 1. The van der Waals surface area contributed by atoms with Crippen molar-refractivity contribution >= 4 is 40.7 Å². The van der Waals surface area contributed by atoms with Gasteiger partial charge in [0.1, 0.15) is 5.75 Å². The van der Waals surface area contributed by atoms with E-state index in [9.17, 15) is 43.8 Å². The second-order valence-corrected chi connectivity index (χ2v) is 10.9. The predicted molar refractivity (Wildman–Crippen MR) is 138 cm³/mol. The number of carbonyl (C=O) groups is 7. The highest BCUT2D eigenvalue weighted by Crippen LogP contribution is 2.51. The maximum absolute atomic E-state index is 13.8. The minimum absolute atomic E-state index is 0.0527. The van der Waals surface area contributed by atoms with E-state index in [4.69, 9.17) is 5.73 Å². The third kappa shape index (κ3) is 4.18. The Kier molecular flexibility index (Phi) is 7.37. The van der Waals surface area contributed by atoms with Gasteiger partial charge in [-0.3, -0.25) is 38.5 Å². The quantitative estimate of drug-likeness (QED) is 0.216. The molecule has 12 nitrogen and oxygen atoms in total. The number of likely N-dealkylation sites (N-methyl/N-ethyl adjacent to an activating group) is 1. The molecule has 2 fully saturated rings. The first-order chi connectivity index (χ1) is 18.7. The van der Waals surface area contributed by atoms with Gasteiger partial charge < -0.3 is 20.8 Å². The summed E-state index contributed by atoms with van der Waals surface area (Å²) < 4.78 is 0. The van der Waals surface area contributed by atoms with E-state index in [0.717, 1.165) is 6.07 Å². The van der Waals surface area contributed by atoms with Gasteiger partial charge in [-0.2, -0.15) is 0 Å². The van der Waals surface area contributed by atoms with Crippen LogP contribution in [0.5, 0.6) is 5.75 Å². The number of benzene rings is 1. The van der Waals surface area contributed by atoms with Crippen LogP contribution in [-0.4, -0.2) is 99.6 Å². The zero-order valence-electron chi connectivity index (χ0n) is 22.4. The van der Waals surface area contributed by atoms with Gasteiger partial charge >= 0.3 is 0 Å². The Bertz CT molecular complexity index is 1380. The number of ketones is 5. The largest absolute Gasteiger partial charge is 0.507 e. The number of aromatic hydroxyl groups is 1. The highest BCUT2D eigenvalue weighted by atomic mass is 16.3. The van der Waals surface area contributed by atoms with E-state index in [1.165, 1.54) is 43.0 Å². The van der Waals surface area contributed by atoms with Gasteiger partial charge in [-0.25, -0.2) is 0 Å². The molecule has 0 heterocycles. The fourth-order valence-corrected chi connectivity index (χ4v) is 6.58. The second-order valence-electron chi connectivity index (χ2n) is 10.9. The highest BCUT2D eigenvalue weighted by Gasteiger charge is 2.69. The van der Waals surface area contributed by atoms with Crippen LogP contribution in [-0.2, 0) is 30.4 Å². The summed E-state index contributed by atoms with van der Waals surface area (Å²) in [6.07, 6.45) is 1.27. The maximum atomic E-state index is 13.8. The van der Waals surface area contributed by atoms with Crippen LogP contribution >= 0.6 is 0 Å². The van der Waals surface area contributed by atoms with Gasteiger partial charge in [-0.15, -0.1) is 6.58 Å². The van der Waals surface area contributed by atoms with Crippen LogP contribution in [0, 0.1) is 23.7 Å². The number of carbonyl (C=O) groups excluding carboxylic acids is 7. The first kappa shape index (κ1) is 29.0. The summed E-state index contributed by atoms with van der Waals surface area (Å²) >= 11 is 0. The van der Waals surface area contributed by atoms with Gasteiger partial charge in [-0.05, 0) is 50.6 Å². The summed E-state index contributed by atoms with van der Waals surface area (Å²) in [6.45, 7) is 4.67. The molecule has 1 aromatic carbocycles. The van der Waals surface area contributed by atoms with E-state index in [0.29, 0.717) is 0 Å². The van der Waals surface area contributed by atoms with Crippen LogP contribution in [0.1, 0.15) is 39.6 Å². The summed E-state index contributed by atoms with van der Waals surface area (Å²) in [5.41, 5.74) is 2.47. The average Bonchev–Trinajstić information content (AvgIpc) is 2.85. The van der Waals surface area contributed by atoms with Crippen molar-refractivity contribution in [3.8, 4) is 5.75 Å². The molecule has 212 valence electrons. The molecule has 0 saturated heterocycles. The molecule has 0 bridgehead atoms. The Morgan fingerprint density at radius 2 is 1.80 bits per heavy atom. The molecule has 40 heavy (non-hydrogen) atoms. The van der Waals surface area contributed by atoms with Crippen LogP contribution in [0.25, 0.3) is 0 Å². The lowest BCUT2D eigenvalue weighted by Gasteiger charge is -2.52. The number of primary amides is 1. The van der Waals surface area contributed by atoms with E-state index >= 15 is 0 Å². The highest BCUT2D eigenvalue weighted by molar-refractivity contribution is 6.32. The first-order valence-corrected chi connectivity index (χ1v) is 12.8. The Hall–Kier alpha value is -4.03. The summed E-state index contributed by atoms with van der Waals surface area (Å²) in [4.78, 5) is 94.0. The molecule has 4 N–H and O–H groups in total. The molecule has 2 amide bonds. The van der Waals surface area contributed by atoms with Crippen LogP contribution in [0.4, 0.5) is 0 Å². The minimum Gasteiger partial charge on any atom is -0.507 e. The SMILES string of the molecule is C=CCN(CC(=O)c1ccc(O)c2c1C[C@H]1C[C@H]3[C@H](N(C)C)C(=O)C(C(N)=O)C(=O)[C@@]3(O)C(=O)C1C2=O)C(C)=O. The molecule has 1 aromatic rings. The molecule has 6 atom stereocenters. The average molecular weight is 554 g/mol. The number of phenolic OH excluding ortho intramolecular Hbond substituents is 1. The number of nitrogens with two attached hydrogens (primary N) is 1. The monoisotopic (exact) mass is 553 g/mol. The van der Waals surface area contributed by atoms with E-state index in [2.05, 4.69) is 6.58 Å². The van der Waals surface area contributed by atoms with Crippen LogP contribution in [0.3, 0.4) is 0 Å². The number of Topliss-reactive ketones (excluding diaryl/α,β-unsaturated/α-hetero) is 5. The zero-order chi connectivity index (χ0) is 29.8. The maximum Gasteiger partial charge on any atom is 0.235 e. The number of nitrogens with zero attached hydrogens (tertiary/aromatic N) is 2. The van der Waals surface area contributed by atoms with Gasteiger partial charge in [0, 0.05) is 24.9 Å². The van der Waals surface area contributed by atoms with Gasteiger partial charge in [0.15, 0.2) is 40.4 Å². The standard InChI is InChI=1S/C28H31N3O9/c1-5-8-31(12(2)32)11-18(34)14-6-7-17(33)20-15(14)9-13-10-16-22(30(3)4)24(36)21(27(29)39)26(38)28(16,40)25(37)19(13)23(20)35/h5-7,13,16,19,21-22,33,40H,1,8-11H2,2-4H3,(H2,29,39)/t13-,16-,19?,21?,22-,28-/m0/s1. The van der Waals surface area contributed by atoms with Crippen LogP contribution in [0.15, 0.2) is 24.8 Å². The third-order valence-electron chi connectivity index (χ3n) is 8.37. The molecule has 2 unspecified atom stereocenters. The summed E-state index contributed by atoms with van der Waals surface area (Å²) in [5.74, 6) is -12.6. The lowest BCUT2D eigenvalue weighted by atomic mass is 9.52. The molecule has 0 aromatic heterocycles. The van der Waals surface area contributed by atoms with Crippen molar-refractivity contribution in [3.63, 3.8) is 0 Å². The lowest BCUT2D eigenvalue weighted by Crippen LogP contribution is -2.74. The number of hydrogen-bond acceptors (Lipinski definition) is 10. The van der Waals surface area contributed by atoms with Crippen LogP contribution < -0.4 is 5.73 Å². The lowest BCUT2D eigenvalue weighted by molar-refractivity contribution is -0.181. The van der Waals surface area contributed by atoms with Gasteiger partial charge in [0.2, 0.25) is 11.8 Å². The van der Waals surface area contributed by atoms with E-state index in [1.807, 2.05) is 0 Å². The van der Waals surface area contributed by atoms with Crippen molar-refractivity contribution in [2.24, 2.45) is 29.4 Å². The Morgan fingerprint density at radius 1 is 1.15 bits per heavy atom. The first-order valence-electron chi connectivity index (χ1n) is 12.8. The Morgan fingerprint density at radius 3 is 2.35 bits per heavy atom. The fraction of sp³-hybridized carbons (Fsp3) is 0.464. The summed E-state index contributed by atoms with van der Waals surface area (Å²) in [7, 11) is 2.99. The topological polar surface area (TPSA) is 192 Å². The number of hydrogen-bond donors (Lipinski definition) is 3. The van der Waals surface area contributed by atoms with E-state index < -0.39 is 75.9 Å². The predicted octanol–water partition coefficient (Wildman–Crippen LogP) is -0.916. The van der Waals surface area contributed by atoms with E-state index in [-0.39, 0.29) is 48.5 Å². The van der Waals surface area contributed by atoms with Crippen LogP contribution in [0.2, 0.25) is 0 Å². The summed E-state index contributed by atoms with van der Waals surface area (Å²) in [6, 6.07) is 1.25. The van der Waals surface area contributed by atoms with Crippen molar-refractivity contribution in [2.45, 2.75) is 31.4 Å². The molecule has 0 aliphatic heterocycles. The normalized spacial score (nSPS) is 29.4. The number of aliphatic hydroxyl groups is 1. The van der Waals surface area contributed by atoms with Gasteiger partial charge in [-0.1, -0.05) is 6.08 Å². The van der Waals surface area contributed by atoms with Gasteiger partial charge in [0.25, 0.3) is 0 Å². The van der Waals surface area contributed by atoms with Crippen molar-refractivity contribution in [2.75, 3.05) is 27.2 Å². The zero-order valence-corrected chi connectivity index (χ0v) is 22.4. The molecule has 12 heteroatoms. The van der Waals surface area contributed by atoms with Crippen molar-refractivity contribution in [1.82, 2.24) is 9.80 Å². The summed E-state index contributed by atoms with van der Waals surface area (Å²) in [5, 5.41) is 22.2. The van der Waals surface area contributed by atoms with E-state index in [1.54, 1.807) is 0 Å². The Labute approximate surface area is 229 Å². The number of rotatable bonds is 7. The molecule has 0 spiro atoms.